The predicted octanol–water partition coefficient (Wildman–Crippen LogP) is 2.02. The molecule has 1 aromatic heterocycles. The summed E-state index contributed by atoms with van der Waals surface area (Å²) in [5.41, 5.74) is 1.21. The van der Waals surface area contributed by atoms with Crippen molar-refractivity contribution in [1.29, 1.82) is 0 Å². The van der Waals surface area contributed by atoms with Crippen molar-refractivity contribution >= 4 is 24.4 Å². The van der Waals surface area contributed by atoms with Crippen LogP contribution in [-0.2, 0) is 6.42 Å². The quantitative estimate of drug-likeness (QED) is 0.559. The molecule has 12 heavy (non-hydrogen) atoms. The molecule has 1 heterocycles. The van der Waals surface area contributed by atoms with E-state index in [2.05, 4.69) is 34.8 Å². The Labute approximate surface area is 77.7 Å². The van der Waals surface area contributed by atoms with Gasteiger partial charge in [-0.25, -0.2) is 0 Å². The number of fused-ring (bicyclic) bond motifs is 1. The van der Waals surface area contributed by atoms with E-state index in [0.29, 0.717) is 14.7 Å². The summed E-state index contributed by atoms with van der Waals surface area (Å²) in [5, 5.41) is 1.33. The van der Waals surface area contributed by atoms with Gasteiger partial charge in [0, 0.05) is 0 Å². The van der Waals surface area contributed by atoms with Gasteiger partial charge in [-0.05, 0) is 0 Å². The third-order valence-corrected chi connectivity index (χ3v) is 3.60. The summed E-state index contributed by atoms with van der Waals surface area (Å²) in [4.78, 5) is 0. The fourth-order valence-electron chi connectivity index (χ4n) is 1.22. The summed E-state index contributed by atoms with van der Waals surface area (Å²) < 4.78 is 5.91. The van der Waals surface area contributed by atoms with Crippen molar-refractivity contribution in [2.45, 2.75) is 6.42 Å². The normalized spacial score (nSPS) is 10.3. The molecule has 0 saturated heterocycles. The van der Waals surface area contributed by atoms with Crippen LogP contribution in [0, 0.1) is 0 Å². The Morgan fingerprint density at radius 1 is 1.42 bits per heavy atom. The molecule has 0 bridgehead atoms. The zero-order valence-electron chi connectivity index (χ0n) is 6.66. The van der Waals surface area contributed by atoms with Crippen molar-refractivity contribution in [2.75, 3.05) is 0 Å². The van der Waals surface area contributed by atoms with Crippen LogP contribution in [0.2, 0.25) is 0 Å². The summed E-state index contributed by atoms with van der Waals surface area (Å²) in [6, 6.07) is 8.45. The van der Waals surface area contributed by atoms with Crippen LogP contribution in [0.1, 0.15) is 5.69 Å². The fourth-order valence-corrected chi connectivity index (χ4v) is 2.91. The van der Waals surface area contributed by atoms with E-state index in [1.54, 1.807) is 0 Å². The number of rotatable bonds is 2. The second-order valence-electron chi connectivity index (χ2n) is 2.62. The van der Waals surface area contributed by atoms with Crippen LogP contribution >= 0.6 is 0 Å². The van der Waals surface area contributed by atoms with Crippen LogP contribution in [0.15, 0.2) is 36.9 Å². The van der Waals surface area contributed by atoms with E-state index in [9.17, 15) is 0 Å². The SMILES string of the molecule is C=CCc1n[se]c2ccccc12. The Morgan fingerprint density at radius 3 is 3.08 bits per heavy atom. The van der Waals surface area contributed by atoms with E-state index in [1.165, 1.54) is 15.3 Å². The Balaban J connectivity index is 2.62. The van der Waals surface area contributed by atoms with Crippen molar-refractivity contribution < 1.29 is 0 Å². The summed E-state index contributed by atoms with van der Waals surface area (Å²) in [7, 11) is 0. The average molecular weight is 222 g/mol. The van der Waals surface area contributed by atoms with E-state index >= 15 is 0 Å². The van der Waals surface area contributed by atoms with E-state index in [1.807, 2.05) is 6.08 Å². The number of allylic oxidation sites excluding steroid dienone is 1. The van der Waals surface area contributed by atoms with Gasteiger partial charge in [0.1, 0.15) is 0 Å². The summed E-state index contributed by atoms with van der Waals surface area (Å²) in [5.74, 6) is 0. The molecule has 0 amide bonds. The van der Waals surface area contributed by atoms with Crippen LogP contribution in [0.3, 0.4) is 0 Å². The predicted molar refractivity (Wildman–Crippen MR) is 52.6 cm³/mol. The Morgan fingerprint density at radius 2 is 2.25 bits per heavy atom. The van der Waals surface area contributed by atoms with E-state index in [0.717, 1.165) is 6.42 Å². The third-order valence-electron chi connectivity index (χ3n) is 1.79. The first-order valence-electron chi connectivity index (χ1n) is 3.86. The number of nitrogens with zero attached hydrogens (tertiary/aromatic N) is 1. The van der Waals surface area contributed by atoms with Crippen LogP contribution in [0.5, 0.6) is 0 Å². The minimum absolute atomic E-state index is 0.314. The standard InChI is InChI=1S/C10H9NSe/c1-2-5-9-8-6-3-4-7-10(8)12-11-9/h2-4,6-7H,1,5H2. The Kier molecular flexibility index (Phi) is 2.11. The number of aromatic nitrogens is 1. The van der Waals surface area contributed by atoms with E-state index < -0.39 is 0 Å². The van der Waals surface area contributed by atoms with Crippen LogP contribution in [-0.4, -0.2) is 18.7 Å². The van der Waals surface area contributed by atoms with Crippen LogP contribution < -0.4 is 0 Å². The van der Waals surface area contributed by atoms with Gasteiger partial charge in [0.25, 0.3) is 0 Å². The first-order chi connectivity index (χ1) is 5.92. The molecule has 1 nitrogen and oxygen atoms in total. The number of hydrogen-bond donors (Lipinski definition) is 0. The van der Waals surface area contributed by atoms with Crippen molar-refractivity contribution in [1.82, 2.24) is 3.98 Å². The molecule has 2 rings (SSSR count). The summed E-state index contributed by atoms with van der Waals surface area (Å²) in [6.45, 7) is 3.72. The topological polar surface area (TPSA) is 12.9 Å². The molecular formula is C10H9NSe. The molecule has 0 aliphatic heterocycles. The second kappa shape index (κ2) is 3.26. The van der Waals surface area contributed by atoms with Crippen molar-refractivity contribution in [3.8, 4) is 0 Å². The van der Waals surface area contributed by atoms with E-state index in [-0.39, 0.29) is 0 Å². The molecule has 0 fully saturated rings. The summed E-state index contributed by atoms with van der Waals surface area (Å²) >= 11 is 0.314. The number of benzene rings is 1. The zero-order chi connectivity index (χ0) is 8.39. The van der Waals surface area contributed by atoms with Crippen molar-refractivity contribution in [3.63, 3.8) is 0 Å². The molecule has 0 N–H and O–H groups in total. The van der Waals surface area contributed by atoms with Crippen LogP contribution in [0.4, 0.5) is 0 Å². The van der Waals surface area contributed by atoms with Gasteiger partial charge in [0.2, 0.25) is 0 Å². The van der Waals surface area contributed by atoms with Crippen LogP contribution in [0.25, 0.3) is 9.65 Å². The molecule has 0 aliphatic rings. The van der Waals surface area contributed by atoms with Crippen molar-refractivity contribution in [3.05, 3.63) is 42.6 Å². The van der Waals surface area contributed by atoms with Gasteiger partial charge in [-0.3, -0.25) is 0 Å². The molecule has 0 aliphatic carbocycles. The number of hydrogen-bond acceptors (Lipinski definition) is 1. The molecule has 0 unspecified atom stereocenters. The maximum atomic E-state index is 4.50. The second-order valence-corrected chi connectivity index (χ2v) is 4.31. The molecule has 60 valence electrons. The van der Waals surface area contributed by atoms with Crippen molar-refractivity contribution in [2.24, 2.45) is 0 Å². The Bertz CT molecular complexity index is 403. The monoisotopic (exact) mass is 223 g/mol. The Hall–Kier alpha value is -0.851. The third kappa shape index (κ3) is 1.24. The van der Waals surface area contributed by atoms with E-state index in [4.69, 9.17) is 0 Å². The molecule has 2 heteroatoms. The first kappa shape index (κ1) is 7.78. The molecular weight excluding hydrogens is 213 g/mol. The molecule has 0 radical (unpaired) electrons. The fraction of sp³-hybridized carbons (Fsp3) is 0.100. The summed E-state index contributed by atoms with van der Waals surface area (Å²) in [6.07, 6.45) is 2.82. The van der Waals surface area contributed by atoms with Gasteiger partial charge >= 0.3 is 77.4 Å². The van der Waals surface area contributed by atoms with Gasteiger partial charge in [0.05, 0.1) is 0 Å². The van der Waals surface area contributed by atoms with Gasteiger partial charge in [0.15, 0.2) is 0 Å². The molecule has 0 spiro atoms. The maximum absolute atomic E-state index is 4.50. The van der Waals surface area contributed by atoms with Gasteiger partial charge in [-0.2, -0.15) is 0 Å². The molecule has 1 aromatic carbocycles. The van der Waals surface area contributed by atoms with Gasteiger partial charge in [-0.15, -0.1) is 0 Å². The molecule has 0 saturated carbocycles. The first-order valence-corrected chi connectivity index (χ1v) is 5.48. The molecule has 2 aromatic rings. The van der Waals surface area contributed by atoms with Gasteiger partial charge in [-0.1, -0.05) is 0 Å². The minimum atomic E-state index is 0.314. The zero-order valence-corrected chi connectivity index (χ0v) is 8.37. The average Bonchev–Trinajstić information content (AvgIpc) is 2.50. The molecule has 0 atom stereocenters. The van der Waals surface area contributed by atoms with Gasteiger partial charge < -0.3 is 0 Å².